The van der Waals surface area contributed by atoms with Crippen LogP contribution >= 0.6 is 11.3 Å². The van der Waals surface area contributed by atoms with Crippen LogP contribution in [0.1, 0.15) is 24.3 Å². The van der Waals surface area contributed by atoms with E-state index in [0.29, 0.717) is 22.9 Å². The number of nitriles is 1. The Morgan fingerprint density at radius 1 is 1.60 bits per heavy atom. The Kier molecular flexibility index (Phi) is 4.15. The standard InChI is InChI=1S/C13H17N5OS/c1-8(2)19-12-11(15)10(4-14)20-13(12)16-5-9-6-17-18(3)7-9/h6-8,16H,5,15H2,1-3H3. The Balaban J connectivity index is 2.19. The molecule has 2 aromatic rings. The average Bonchev–Trinajstić information content (AvgIpc) is 2.93. The maximum absolute atomic E-state index is 9.06. The van der Waals surface area contributed by atoms with E-state index in [-0.39, 0.29) is 6.10 Å². The fourth-order valence-corrected chi connectivity index (χ4v) is 2.57. The molecule has 0 unspecified atom stereocenters. The van der Waals surface area contributed by atoms with Crippen LogP contribution in [0.5, 0.6) is 5.75 Å². The van der Waals surface area contributed by atoms with Crippen molar-refractivity contribution in [1.29, 1.82) is 5.26 Å². The minimum Gasteiger partial charge on any atom is -0.486 e. The minimum absolute atomic E-state index is 0.00242. The van der Waals surface area contributed by atoms with Crippen molar-refractivity contribution in [2.75, 3.05) is 11.1 Å². The van der Waals surface area contributed by atoms with E-state index in [9.17, 15) is 0 Å². The molecule has 0 fully saturated rings. The van der Waals surface area contributed by atoms with Crippen LogP contribution in [0.4, 0.5) is 10.7 Å². The van der Waals surface area contributed by atoms with E-state index in [4.69, 9.17) is 15.7 Å². The van der Waals surface area contributed by atoms with Gasteiger partial charge in [0.25, 0.3) is 0 Å². The second-order valence-corrected chi connectivity index (χ2v) is 5.68. The maximum Gasteiger partial charge on any atom is 0.178 e. The quantitative estimate of drug-likeness (QED) is 0.882. The van der Waals surface area contributed by atoms with E-state index in [0.717, 1.165) is 10.6 Å². The van der Waals surface area contributed by atoms with Crippen LogP contribution in [-0.2, 0) is 13.6 Å². The van der Waals surface area contributed by atoms with Crippen LogP contribution < -0.4 is 15.8 Å². The van der Waals surface area contributed by atoms with Crippen LogP contribution in [-0.4, -0.2) is 15.9 Å². The van der Waals surface area contributed by atoms with Crippen LogP contribution in [0, 0.1) is 11.3 Å². The molecule has 0 saturated carbocycles. The zero-order valence-corrected chi connectivity index (χ0v) is 12.5. The van der Waals surface area contributed by atoms with Crippen LogP contribution in [0.15, 0.2) is 12.4 Å². The van der Waals surface area contributed by atoms with E-state index in [1.54, 1.807) is 10.9 Å². The molecule has 0 bridgehead atoms. The number of aryl methyl sites for hydroxylation is 1. The fourth-order valence-electron chi connectivity index (χ4n) is 1.73. The highest BCUT2D eigenvalue weighted by Gasteiger charge is 2.18. The molecule has 0 aromatic carbocycles. The molecule has 6 nitrogen and oxygen atoms in total. The molecule has 2 heterocycles. The molecule has 0 aliphatic heterocycles. The van der Waals surface area contributed by atoms with Crippen molar-refractivity contribution in [2.24, 2.45) is 7.05 Å². The number of aromatic nitrogens is 2. The minimum atomic E-state index is -0.00242. The number of rotatable bonds is 5. The third-order valence-electron chi connectivity index (χ3n) is 2.57. The van der Waals surface area contributed by atoms with Gasteiger partial charge in [0, 0.05) is 25.4 Å². The smallest absolute Gasteiger partial charge is 0.178 e. The first-order valence-corrected chi connectivity index (χ1v) is 7.03. The number of nitrogen functional groups attached to an aromatic ring is 1. The maximum atomic E-state index is 9.06. The molecule has 20 heavy (non-hydrogen) atoms. The van der Waals surface area contributed by atoms with Crippen molar-refractivity contribution < 1.29 is 4.74 Å². The number of hydrogen-bond acceptors (Lipinski definition) is 6. The summed E-state index contributed by atoms with van der Waals surface area (Å²) in [6.45, 7) is 4.45. The first kappa shape index (κ1) is 14.2. The van der Waals surface area contributed by atoms with Crippen LogP contribution in [0.3, 0.4) is 0 Å². The Labute approximate surface area is 121 Å². The SMILES string of the molecule is CC(C)Oc1c(NCc2cnn(C)c2)sc(C#N)c1N. The predicted octanol–water partition coefficient (Wildman–Crippen LogP) is 2.33. The van der Waals surface area contributed by atoms with Crippen LogP contribution in [0.2, 0.25) is 0 Å². The number of nitrogens with one attached hydrogen (secondary N) is 1. The van der Waals surface area contributed by atoms with Gasteiger partial charge in [-0.1, -0.05) is 0 Å². The summed E-state index contributed by atoms with van der Waals surface area (Å²) < 4.78 is 7.45. The molecule has 0 radical (unpaired) electrons. The molecule has 3 N–H and O–H groups in total. The second kappa shape index (κ2) is 5.84. The van der Waals surface area contributed by atoms with Crippen molar-refractivity contribution in [1.82, 2.24) is 9.78 Å². The lowest BCUT2D eigenvalue weighted by molar-refractivity contribution is 0.246. The van der Waals surface area contributed by atoms with E-state index in [1.807, 2.05) is 27.1 Å². The largest absolute Gasteiger partial charge is 0.486 e. The molecule has 0 saturated heterocycles. The third-order valence-corrected chi connectivity index (χ3v) is 3.62. The number of thiophene rings is 1. The summed E-state index contributed by atoms with van der Waals surface area (Å²) in [7, 11) is 1.87. The van der Waals surface area contributed by atoms with Crippen molar-refractivity contribution in [2.45, 2.75) is 26.5 Å². The van der Waals surface area contributed by atoms with Crippen molar-refractivity contribution in [3.8, 4) is 11.8 Å². The average molecular weight is 291 g/mol. The molecule has 0 aliphatic rings. The fraction of sp³-hybridized carbons (Fsp3) is 0.385. The third kappa shape index (κ3) is 3.03. The van der Waals surface area contributed by atoms with Gasteiger partial charge >= 0.3 is 0 Å². The summed E-state index contributed by atoms with van der Waals surface area (Å²) in [4.78, 5) is 0.467. The zero-order chi connectivity index (χ0) is 14.7. The highest BCUT2D eigenvalue weighted by Crippen LogP contribution is 2.42. The van der Waals surface area contributed by atoms with Gasteiger partial charge in [-0.2, -0.15) is 10.4 Å². The van der Waals surface area contributed by atoms with Gasteiger partial charge in [-0.15, -0.1) is 11.3 Å². The van der Waals surface area contributed by atoms with Gasteiger partial charge in [0.05, 0.1) is 12.3 Å². The molecule has 2 aromatic heterocycles. The Bertz CT molecular complexity index is 638. The van der Waals surface area contributed by atoms with Crippen molar-refractivity contribution in [3.63, 3.8) is 0 Å². The lowest BCUT2D eigenvalue weighted by atomic mass is 10.3. The van der Waals surface area contributed by atoms with Gasteiger partial charge in [-0.25, -0.2) is 0 Å². The molecule has 0 amide bonds. The van der Waals surface area contributed by atoms with Gasteiger partial charge in [0.2, 0.25) is 0 Å². The summed E-state index contributed by atoms with van der Waals surface area (Å²) in [5.74, 6) is 0.561. The van der Waals surface area contributed by atoms with E-state index in [1.165, 1.54) is 11.3 Å². The summed E-state index contributed by atoms with van der Waals surface area (Å²) in [5, 5.41) is 17.2. The van der Waals surface area contributed by atoms with Gasteiger partial charge < -0.3 is 15.8 Å². The number of nitrogens with zero attached hydrogens (tertiary/aromatic N) is 3. The van der Waals surface area contributed by atoms with Gasteiger partial charge in [0.1, 0.15) is 21.6 Å². The Hall–Kier alpha value is -2.20. The molecule has 0 atom stereocenters. The highest BCUT2D eigenvalue weighted by molar-refractivity contribution is 7.17. The topological polar surface area (TPSA) is 88.9 Å². The number of nitrogens with two attached hydrogens (primary N) is 1. The second-order valence-electron chi connectivity index (χ2n) is 4.66. The number of hydrogen-bond donors (Lipinski definition) is 2. The Morgan fingerprint density at radius 2 is 2.35 bits per heavy atom. The van der Waals surface area contributed by atoms with E-state index >= 15 is 0 Å². The van der Waals surface area contributed by atoms with Crippen LogP contribution in [0.25, 0.3) is 0 Å². The zero-order valence-electron chi connectivity index (χ0n) is 11.7. The summed E-state index contributed by atoms with van der Waals surface area (Å²) in [5.41, 5.74) is 7.39. The molecule has 106 valence electrons. The number of ether oxygens (including phenoxy) is 1. The lowest BCUT2D eigenvalue weighted by Crippen LogP contribution is -2.08. The normalized spacial score (nSPS) is 10.6. The summed E-state index contributed by atoms with van der Waals surface area (Å²) in [6, 6.07) is 2.09. The Morgan fingerprint density at radius 3 is 2.90 bits per heavy atom. The monoisotopic (exact) mass is 291 g/mol. The number of anilines is 2. The first-order chi connectivity index (χ1) is 9.51. The molecule has 2 rings (SSSR count). The predicted molar refractivity (Wildman–Crippen MR) is 79.7 cm³/mol. The van der Waals surface area contributed by atoms with Gasteiger partial charge in [0.15, 0.2) is 5.75 Å². The lowest BCUT2D eigenvalue weighted by Gasteiger charge is -2.12. The first-order valence-electron chi connectivity index (χ1n) is 6.21. The van der Waals surface area contributed by atoms with Crippen molar-refractivity contribution in [3.05, 3.63) is 22.8 Å². The summed E-state index contributed by atoms with van der Waals surface area (Å²) in [6.07, 6.45) is 3.72. The highest BCUT2D eigenvalue weighted by atomic mass is 32.1. The molecule has 0 spiro atoms. The molecular weight excluding hydrogens is 274 g/mol. The van der Waals surface area contributed by atoms with Crippen molar-refractivity contribution >= 4 is 22.0 Å². The molecule has 0 aliphatic carbocycles. The van der Waals surface area contributed by atoms with Gasteiger partial charge in [-0.05, 0) is 13.8 Å². The molecule has 7 heteroatoms. The summed E-state index contributed by atoms with van der Waals surface area (Å²) >= 11 is 1.30. The van der Waals surface area contributed by atoms with E-state index < -0.39 is 0 Å². The molecular formula is C13H17N5OS. The van der Waals surface area contributed by atoms with Gasteiger partial charge in [-0.3, -0.25) is 4.68 Å². The van der Waals surface area contributed by atoms with E-state index in [2.05, 4.69) is 16.5 Å².